The molecule has 0 saturated carbocycles. The number of hydrogen-bond acceptors (Lipinski definition) is 4. The summed E-state index contributed by atoms with van der Waals surface area (Å²) in [6.45, 7) is 2.42. The van der Waals surface area contributed by atoms with Gasteiger partial charge in [-0.1, -0.05) is 6.07 Å². The average molecular weight is 476 g/mol. The molecular weight excluding hydrogens is 451 g/mol. The molecule has 9 heteroatoms. The molecule has 2 N–H and O–H groups in total. The summed E-state index contributed by atoms with van der Waals surface area (Å²) in [5.41, 5.74) is 0. The molecule has 2 rings (SSSR count). The standard InChI is InChI=1S/C16H24N6OS.HI/c1-21(2)15(23)13-19-16(18-12-14-6-3-11-24-14)17-7-4-9-22-10-5-8-20-22;/h3,5-6,8,10-11H,4,7,9,12-13H2,1-2H3,(H2,17,18,19);1H. The first kappa shape index (κ1) is 21.4. The van der Waals surface area contributed by atoms with Gasteiger partial charge in [-0.2, -0.15) is 5.10 Å². The van der Waals surface area contributed by atoms with Crippen LogP contribution in [0, 0.1) is 0 Å². The molecule has 0 saturated heterocycles. The summed E-state index contributed by atoms with van der Waals surface area (Å²) in [4.78, 5) is 18.8. The second-order valence-corrected chi connectivity index (χ2v) is 6.47. The Morgan fingerprint density at radius 3 is 2.84 bits per heavy atom. The number of rotatable bonds is 8. The molecule has 138 valence electrons. The van der Waals surface area contributed by atoms with Gasteiger partial charge in [0.25, 0.3) is 0 Å². The molecule has 1 amide bonds. The number of nitrogens with zero attached hydrogens (tertiary/aromatic N) is 4. The number of guanidine groups is 1. The van der Waals surface area contributed by atoms with Crippen LogP contribution < -0.4 is 10.6 Å². The summed E-state index contributed by atoms with van der Waals surface area (Å²) >= 11 is 1.69. The van der Waals surface area contributed by atoms with Gasteiger partial charge in [-0.25, -0.2) is 4.99 Å². The molecule has 0 atom stereocenters. The Kier molecular flexibility index (Phi) is 10.2. The van der Waals surface area contributed by atoms with Gasteiger partial charge in [-0.05, 0) is 23.9 Å². The van der Waals surface area contributed by atoms with Crippen molar-refractivity contribution in [3.05, 3.63) is 40.8 Å². The number of carbonyl (C=O) groups excluding carboxylic acids is 1. The molecule has 0 aromatic carbocycles. The van der Waals surface area contributed by atoms with Crippen LogP contribution in [0.5, 0.6) is 0 Å². The summed E-state index contributed by atoms with van der Waals surface area (Å²) in [6.07, 6.45) is 4.64. The third kappa shape index (κ3) is 8.34. The Morgan fingerprint density at radius 1 is 1.36 bits per heavy atom. The molecule has 0 fully saturated rings. The maximum atomic E-state index is 11.7. The number of aromatic nitrogens is 2. The van der Waals surface area contributed by atoms with E-state index in [1.165, 1.54) is 9.78 Å². The fourth-order valence-electron chi connectivity index (χ4n) is 1.93. The van der Waals surface area contributed by atoms with Crippen molar-refractivity contribution in [1.82, 2.24) is 25.3 Å². The van der Waals surface area contributed by atoms with Gasteiger partial charge in [0.15, 0.2) is 5.96 Å². The zero-order valence-corrected chi connectivity index (χ0v) is 17.7. The Morgan fingerprint density at radius 2 is 2.20 bits per heavy atom. The van der Waals surface area contributed by atoms with Crippen LogP contribution in [-0.4, -0.2) is 53.7 Å². The SMILES string of the molecule is CN(C)C(=O)CN=C(NCCCn1cccn1)NCc1cccs1.I. The van der Waals surface area contributed by atoms with Gasteiger partial charge in [0.1, 0.15) is 6.54 Å². The minimum atomic E-state index is -0.0243. The van der Waals surface area contributed by atoms with Crippen molar-refractivity contribution in [2.24, 2.45) is 4.99 Å². The summed E-state index contributed by atoms with van der Waals surface area (Å²) in [5.74, 6) is 0.628. The number of likely N-dealkylation sites (N-methyl/N-ethyl adjacent to an activating group) is 1. The number of carbonyl (C=O) groups is 1. The van der Waals surface area contributed by atoms with E-state index < -0.39 is 0 Å². The van der Waals surface area contributed by atoms with Crippen LogP contribution in [0.25, 0.3) is 0 Å². The third-order valence-electron chi connectivity index (χ3n) is 3.30. The number of halogens is 1. The largest absolute Gasteiger partial charge is 0.356 e. The van der Waals surface area contributed by atoms with Crippen LogP contribution in [0.1, 0.15) is 11.3 Å². The van der Waals surface area contributed by atoms with Gasteiger partial charge in [0, 0.05) is 44.5 Å². The summed E-state index contributed by atoms with van der Waals surface area (Å²) in [7, 11) is 3.46. The maximum Gasteiger partial charge on any atom is 0.243 e. The molecule has 2 aromatic heterocycles. The summed E-state index contributed by atoms with van der Waals surface area (Å²) in [6, 6.07) is 6.00. The van der Waals surface area contributed by atoms with E-state index in [1.807, 2.05) is 28.4 Å². The lowest BCUT2D eigenvalue weighted by molar-refractivity contribution is -0.127. The van der Waals surface area contributed by atoms with E-state index in [9.17, 15) is 4.79 Å². The van der Waals surface area contributed by atoms with Crippen molar-refractivity contribution < 1.29 is 4.79 Å². The Bertz CT molecular complexity index is 627. The minimum Gasteiger partial charge on any atom is -0.356 e. The first-order valence-electron chi connectivity index (χ1n) is 7.87. The molecule has 2 heterocycles. The van der Waals surface area contributed by atoms with Gasteiger partial charge >= 0.3 is 0 Å². The lowest BCUT2D eigenvalue weighted by atomic mass is 10.4. The lowest BCUT2D eigenvalue weighted by Crippen LogP contribution is -2.38. The van der Waals surface area contributed by atoms with E-state index in [-0.39, 0.29) is 36.4 Å². The van der Waals surface area contributed by atoms with Crippen LogP contribution in [0.4, 0.5) is 0 Å². The van der Waals surface area contributed by atoms with Gasteiger partial charge in [-0.3, -0.25) is 9.48 Å². The first-order chi connectivity index (χ1) is 11.6. The third-order valence-corrected chi connectivity index (χ3v) is 4.17. The number of amides is 1. The zero-order chi connectivity index (χ0) is 17.2. The molecule has 2 aromatic rings. The van der Waals surface area contributed by atoms with E-state index >= 15 is 0 Å². The molecule has 25 heavy (non-hydrogen) atoms. The van der Waals surface area contributed by atoms with E-state index in [4.69, 9.17) is 0 Å². The fraction of sp³-hybridized carbons (Fsp3) is 0.438. The van der Waals surface area contributed by atoms with Gasteiger partial charge < -0.3 is 15.5 Å². The maximum absolute atomic E-state index is 11.7. The van der Waals surface area contributed by atoms with Gasteiger partial charge in [-0.15, -0.1) is 35.3 Å². The second-order valence-electron chi connectivity index (χ2n) is 5.44. The number of aliphatic imine (C=N–C) groups is 1. The van der Waals surface area contributed by atoms with Gasteiger partial charge in [0.05, 0.1) is 6.54 Å². The van der Waals surface area contributed by atoms with Crippen LogP contribution in [-0.2, 0) is 17.9 Å². The minimum absolute atomic E-state index is 0. The Labute approximate surface area is 169 Å². The summed E-state index contributed by atoms with van der Waals surface area (Å²) in [5, 5.41) is 12.8. The van der Waals surface area contributed by atoms with Crippen LogP contribution in [0.2, 0.25) is 0 Å². The number of thiophene rings is 1. The average Bonchev–Trinajstić information content (AvgIpc) is 3.26. The van der Waals surface area contributed by atoms with Crippen molar-refractivity contribution in [3.63, 3.8) is 0 Å². The molecule has 0 radical (unpaired) electrons. The molecule has 0 bridgehead atoms. The second kappa shape index (κ2) is 11.9. The monoisotopic (exact) mass is 476 g/mol. The predicted molar refractivity (Wildman–Crippen MR) is 112 cm³/mol. The summed E-state index contributed by atoms with van der Waals surface area (Å²) < 4.78 is 1.90. The van der Waals surface area contributed by atoms with E-state index in [2.05, 4.69) is 26.8 Å². The van der Waals surface area contributed by atoms with E-state index in [0.29, 0.717) is 12.5 Å². The predicted octanol–water partition coefficient (Wildman–Crippen LogP) is 1.78. The highest BCUT2D eigenvalue weighted by atomic mass is 127. The molecule has 7 nitrogen and oxygen atoms in total. The van der Waals surface area contributed by atoms with Gasteiger partial charge in [0.2, 0.25) is 5.91 Å². The zero-order valence-electron chi connectivity index (χ0n) is 14.5. The quantitative estimate of drug-likeness (QED) is 0.264. The Hall–Kier alpha value is -1.62. The molecular formula is C16H25IN6OS. The van der Waals surface area contributed by atoms with Crippen LogP contribution >= 0.6 is 35.3 Å². The molecule has 0 aliphatic carbocycles. The number of aryl methyl sites for hydroxylation is 1. The van der Waals surface area contributed by atoms with Crippen molar-refractivity contribution in [3.8, 4) is 0 Å². The molecule has 0 aliphatic rings. The highest BCUT2D eigenvalue weighted by Gasteiger charge is 2.05. The van der Waals surface area contributed by atoms with Crippen molar-refractivity contribution in [2.75, 3.05) is 27.2 Å². The highest BCUT2D eigenvalue weighted by molar-refractivity contribution is 14.0. The van der Waals surface area contributed by atoms with Crippen molar-refractivity contribution >= 4 is 47.2 Å². The first-order valence-corrected chi connectivity index (χ1v) is 8.75. The highest BCUT2D eigenvalue weighted by Crippen LogP contribution is 2.07. The molecule has 0 spiro atoms. The van der Waals surface area contributed by atoms with E-state index in [0.717, 1.165) is 19.5 Å². The molecule has 0 aliphatic heterocycles. The topological polar surface area (TPSA) is 74.5 Å². The number of hydrogen-bond donors (Lipinski definition) is 2. The van der Waals surface area contributed by atoms with E-state index in [1.54, 1.807) is 31.6 Å². The van der Waals surface area contributed by atoms with Crippen molar-refractivity contribution in [1.29, 1.82) is 0 Å². The lowest BCUT2D eigenvalue weighted by Gasteiger charge is -2.13. The normalized spacial score (nSPS) is 10.9. The number of nitrogens with one attached hydrogen (secondary N) is 2. The Balaban J connectivity index is 0.00000312. The van der Waals surface area contributed by atoms with Crippen molar-refractivity contribution in [2.45, 2.75) is 19.5 Å². The van der Waals surface area contributed by atoms with Crippen LogP contribution in [0.3, 0.4) is 0 Å². The smallest absolute Gasteiger partial charge is 0.243 e. The molecule has 0 unspecified atom stereocenters. The fourth-order valence-corrected chi connectivity index (χ4v) is 2.57. The van der Waals surface area contributed by atoms with Crippen LogP contribution in [0.15, 0.2) is 41.0 Å².